The molecule has 0 saturated carbocycles. The van der Waals surface area contributed by atoms with E-state index in [0.29, 0.717) is 12.3 Å². The van der Waals surface area contributed by atoms with Gasteiger partial charge < -0.3 is 10.6 Å². The maximum Gasteiger partial charge on any atom is 0.230 e. The number of carbonyl (C=O) groups is 1. The molecule has 1 aliphatic rings. The Kier molecular flexibility index (Phi) is 7.86. The molecular formula is C16H23ClN2OS. The molecule has 0 spiro atoms. The zero-order valence-electron chi connectivity index (χ0n) is 12.6. The summed E-state index contributed by atoms with van der Waals surface area (Å²) in [6, 6.07) is 6.35. The van der Waals surface area contributed by atoms with Crippen molar-refractivity contribution in [1.29, 1.82) is 0 Å². The highest BCUT2D eigenvalue weighted by Gasteiger charge is 2.07. The van der Waals surface area contributed by atoms with Crippen molar-refractivity contribution >= 4 is 30.1 Å². The van der Waals surface area contributed by atoms with Crippen LogP contribution in [0.5, 0.6) is 0 Å². The van der Waals surface area contributed by atoms with Crippen LogP contribution in [-0.2, 0) is 4.79 Å². The third kappa shape index (κ3) is 6.12. The molecule has 116 valence electrons. The predicted octanol–water partition coefficient (Wildman–Crippen LogP) is 2.85. The first kappa shape index (κ1) is 18.1. The maximum atomic E-state index is 11.9. The van der Waals surface area contributed by atoms with Crippen LogP contribution in [-0.4, -0.2) is 31.3 Å². The van der Waals surface area contributed by atoms with Gasteiger partial charge in [-0.25, -0.2) is 0 Å². The van der Waals surface area contributed by atoms with Crippen molar-refractivity contribution in [3.8, 4) is 0 Å². The largest absolute Gasteiger partial charge is 0.352 e. The molecule has 21 heavy (non-hydrogen) atoms. The highest BCUT2D eigenvalue weighted by molar-refractivity contribution is 8.00. The van der Waals surface area contributed by atoms with Crippen LogP contribution >= 0.6 is 24.2 Å². The fraction of sp³-hybridized carbons (Fsp3) is 0.438. The minimum atomic E-state index is 0. The van der Waals surface area contributed by atoms with Gasteiger partial charge in [0, 0.05) is 18.0 Å². The van der Waals surface area contributed by atoms with E-state index in [1.807, 2.05) is 0 Å². The van der Waals surface area contributed by atoms with Crippen LogP contribution in [0.1, 0.15) is 17.5 Å². The summed E-state index contributed by atoms with van der Waals surface area (Å²) in [7, 11) is 0. The van der Waals surface area contributed by atoms with Crippen LogP contribution in [0.3, 0.4) is 0 Å². The number of benzene rings is 1. The molecule has 1 amide bonds. The highest BCUT2D eigenvalue weighted by Crippen LogP contribution is 2.23. The molecular weight excluding hydrogens is 304 g/mol. The van der Waals surface area contributed by atoms with E-state index < -0.39 is 0 Å². The monoisotopic (exact) mass is 326 g/mol. The Labute approximate surface area is 137 Å². The van der Waals surface area contributed by atoms with E-state index in [0.717, 1.165) is 19.5 Å². The van der Waals surface area contributed by atoms with Gasteiger partial charge in [0.25, 0.3) is 0 Å². The van der Waals surface area contributed by atoms with Gasteiger partial charge in [-0.3, -0.25) is 4.79 Å². The van der Waals surface area contributed by atoms with Gasteiger partial charge >= 0.3 is 0 Å². The number of carbonyl (C=O) groups excluding carboxylic acids is 1. The Bertz CT molecular complexity index is 517. The number of nitrogens with one attached hydrogen (secondary N) is 2. The predicted molar refractivity (Wildman–Crippen MR) is 92.5 cm³/mol. The van der Waals surface area contributed by atoms with Crippen molar-refractivity contribution < 1.29 is 4.79 Å². The molecule has 1 aromatic carbocycles. The van der Waals surface area contributed by atoms with Crippen LogP contribution < -0.4 is 10.6 Å². The van der Waals surface area contributed by atoms with Gasteiger partial charge in [-0.05, 0) is 38.4 Å². The smallest absolute Gasteiger partial charge is 0.230 e. The van der Waals surface area contributed by atoms with Crippen molar-refractivity contribution in [3.63, 3.8) is 0 Å². The van der Waals surface area contributed by atoms with Crippen LogP contribution in [0.2, 0.25) is 0 Å². The topological polar surface area (TPSA) is 41.1 Å². The molecule has 2 N–H and O–H groups in total. The van der Waals surface area contributed by atoms with Crippen LogP contribution in [0.25, 0.3) is 0 Å². The zero-order valence-corrected chi connectivity index (χ0v) is 14.2. The Balaban J connectivity index is 0.00000220. The summed E-state index contributed by atoms with van der Waals surface area (Å²) in [6.45, 7) is 6.78. The Morgan fingerprint density at radius 2 is 2.19 bits per heavy atom. The summed E-state index contributed by atoms with van der Waals surface area (Å²) in [6.07, 6.45) is 3.20. The van der Waals surface area contributed by atoms with E-state index in [2.05, 4.69) is 48.8 Å². The summed E-state index contributed by atoms with van der Waals surface area (Å²) >= 11 is 1.61. The normalized spacial score (nSPS) is 14.1. The van der Waals surface area contributed by atoms with Gasteiger partial charge in [0.15, 0.2) is 0 Å². The molecule has 0 aliphatic carbocycles. The molecule has 0 fully saturated rings. The van der Waals surface area contributed by atoms with Crippen molar-refractivity contribution in [1.82, 2.24) is 10.6 Å². The van der Waals surface area contributed by atoms with Crippen molar-refractivity contribution in [2.75, 3.05) is 25.4 Å². The second-order valence-corrected chi connectivity index (χ2v) is 6.17. The minimum Gasteiger partial charge on any atom is -0.352 e. The molecule has 0 aromatic heterocycles. The molecule has 0 atom stereocenters. The first-order valence-electron chi connectivity index (χ1n) is 7.00. The van der Waals surface area contributed by atoms with Crippen LogP contribution in [0.15, 0.2) is 34.7 Å². The lowest BCUT2D eigenvalue weighted by atomic mass is 10.1. The average Bonchev–Trinajstić information content (AvgIpc) is 2.47. The highest BCUT2D eigenvalue weighted by atomic mass is 35.5. The van der Waals surface area contributed by atoms with Gasteiger partial charge in [-0.1, -0.05) is 29.3 Å². The number of halogens is 1. The lowest BCUT2D eigenvalue weighted by molar-refractivity contribution is -0.118. The standard InChI is InChI=1S/C16H22N2OS.ClH/c1-12-3-4-13(2)15(9-12)20-11-16(19)18-10-14-5-7-17-8-6-14;/h3-5,9,17H,6-8,10-11H2,1-2H3,(H,18,19);1H. The van der Waals surface area contributed by atoms with E-state index in [9.17, 15) is 4.79 Å². The quantitative estimate of drug-likeness (QED) is 0.646. The number of amides is 1. The average molecular weight is 327 g/mol. The fourth-order valence-corrected chi connectivity index (χ4v) is 3.05. The Hall–Kier alpha value is -0.970. The molecule has 1 aliphatic heterocycles. The van der Waals surface area contributed by atoms with Crippen LogP contribution in [0, 0.1) is 13.8 Å². The van der Waals surface area contributed by atoms with E-state index in [1.54, 1.807) is 11.8 Å². The first-order valence-corrected chi connectivity index (χ1v) is 7.99. The second-order valence-electron chi connectivity index (χ2n) is 5.15. The number of hydrogen-bond acceptors (Lipinski definition) is 3. The van der Waals surface area contributed by atoms with Crippen molar-refractivity contribution in [2.45, 2.75) is 25.2 Å². The third-order valence-corrected chi connectivity index (χ3v) is 4.53. The molecule has 1 heterocycles. The van der Waals surface area contributed by atoms with Crippen molar-refractivity contribution in [3.05, 3.63) is 41.0 Å². The molecule has 1 aromatic rings. The summed E-state index contributed by atoms with van der Waals surface area (Å²) in [5.74, 6) is 0.589. The molecule has 2 rings (SSSR count). The number of rotatable bonds is 5. The number of aryl methyl sites for hydroxylation is 2. The van der Waals surface area contributed by atoms with Gasteiger partial charge in [0.2, 0.25) is 5.91 Å². The SMILES string of the molecule is Cc1ccc(C)c(SCC(=O)NCC2=CCNCC2)c1.Cl. The number of thioether (sulfide) groups is 1. The third-order valence-electron chi connectivity index (χ3n) is 3.37. The van der Waals surface area contributed by atoms with Gasteiger partial charge in [-0.15, -0.1) is 24.2 Å². The fourth-order valence-electron chi connectivity index (χ4n) is 2.10. The zero-order chi connectivity index (χ0) is 14.4. The van der Waals surface area contributed by atoms with Gasteiger partial charge in [0.1, 0.15) is 0 Å². The summed E-state index contributed by atoms with van der Waals surface area (Å²) in [5, 5.41) is 6.27. The Morgan fingerprint density at radius 1 is 1.38 bits per heavy atom. The van der Waals surface area contributed by atoms with E-state index in [1.165, 1.54) is 21.6 Å². The van der Waals surface area contributed by atoms with E-state index in [4.69, 9.17) is 0 Å². The summed E-state index contributed by atoms with van der Waals surface area (Å²) < 4.78 is 0. The molecule has 0 saturated heterocycles. The van der Waals surface area contributed by atoms with E-state index in [-0.39, 0.29) is 18.3 Å². The minimum absolute atomic E-state index is 0. The second kappa shape index (κ2) is 9.13. The lowest BCUT2D eigenvalue weighted by Crippen LogP contribution is -2.30. The van der Waals surface area contributed by atoms with Gasteiger partial charge in [-0.2, -0.15) is 0 Å². The maximum absolute atomic E-state index is 11.9. The molecule has 0 radical (unpaired) electrons. The summed E-state index contributed by atoms with van der Waals surface area (Å²) in [5.41, 5.74) is 3.79. The molecule has 5 heteroatoms. The first-order chi connectivity index (χ1) is 9.65. The number of hydrogen-bond donors (Lipinski definition) is 2. The van der Waals surface area contributed by atoms with E-state index >= 15 is 0 Å². The molecule has 3 nitrogen and oxygen atoms in total. The van der Waals surface area contributed by atoms with Crippen LogP contribution in [0.4, 0.5) is 0 Å². The molecule has 0 unspecified atom stereocenters. The summed E-state index contributed by atoms with van der Waals surface area (Å²) in [4.78, 5) is 13.1. The Morgan fingerprint density at radius 3 is 2.90 bits per heavy atom. The lowest BCUT2D eigenvalue weighted by Gasteiger charge is -2.14. The van der Waals surface area contributed by atoms with Crippen molar-refractivity contribution in [2.24, 2.45) is 0 Å². The molecule has 0 bridgehead atoms. The van der Waals surface area contributed by atoms with Gasteiger partial charge in [0.05, 0.1) is 5.75 Å².